The van der Waals surface area contributed by atoms with E-state index in [1.54, 1.807) is 0 Å². The maximum atomic E-state index is 10.2. The molecule has 1 saturated carbocycles. The molecule has 18 heavy (non-hydrogen) atoms. The van der Waals surface area contributed by atoms with Crippen molar-refractivity contribution >= 4 is 0 Å². The first-order chi connectivity index (χ1) is 8.37. The Bertz CT molecular complexity index is 439. The Labute approximate surface area is 107 Å². The number of rotatable bonds is 3. The van der Waals surface area contributed by atoms with Crippen molar-refractivity contribution in [1.82, 2.24) is 15.1 Å². The van der Waals surface area contributed by atoms with Crippen molar-refractivity contribution < 1.29 is 9.52 Å². The molecule has 3 rings (SSSR count). The molecule has 0 bridgehead atoms. The standard InChI is InChI=1S/C13H21N3O2/c1-12(2,3)11-15-14-10(18-11)6-16-7-13(17,8-16)9-4-5-9/h9,17H,4-8H2,1-3H3. The van der Waals surface area contributed by atoms with Crippen LogP contribution in [0.1, 0.15) is 45.4 Å². The molecule has 5 nitrogen and oxygen atoms in total. The minimum atomic E-state index is -0.438. The Morgan fingerprint density at radius 1 is 1.33 bits per heavy atom. The number of aliphatic hydroxyl groups is 1. The van der Waals surface area contributed by atoms with Gasteiger partial charge in [-0.25, -0.2) is 0 Å². The monoisotopic (exact) mass is 251 g/mol. The molecular formula is C13H21N3O2. The normalized spacial score (nSPS) is 24.0. The molecule has 0 unspecified atom stereocenters. The summed E-state index contributed by atoms with van der Waals surface area (Å²) in [5, 5.41) is 18.4. The summed E-state index contributed by atoms with van der Waals surface area (Å²) in [6.07, 6.45) is 2.36. The second-order valence-electron chi connectivity index (χ2n) is 6.77. The first-order valence-electron chi connectivity index (χ1n) is 6.64. The van der Waals surface area contributed by atoms with Gasteiger partial charge in [0.1, 0.15) is 0 Å². The summed E-state index contributed by atoms with van der Waals surface area (Å²) in [5.41, 5.74) is -0.540. The highest BCUT2D eigenvalue weighted by atomic mass is 16.4. The first-order valence-corrected chi connectivity index (χ1v) is 6.64. The van der Waals surface area contributed by atoms with Crippen LogP contribution in [0.2, 0.25) is 0 Å². The van der Waals surface area contributed by atoms with E-state index in [0.717, 1.165) is 13.1 Å². The molecule has 0 aromatic carbocycles. The zero-order valence-electron chi connectivity index (χ0n) is 11.3. The number of β-amino-alcohol motifs (C(OH)–C–C–N with tert-alkyl or cyclic N) is 1. The van der Waals surface area contributed by atoms with Crippen LogP contribution in [-0.2, 0) is 12.0 Å². The van der Waals surface area contributed by atoms with E-state index in [-0.39, 0.29) is 5.41 Å². The van der Waals surface area contributed by atoms with Gasteiger partial charge in [0.2, 0.25) is 11.8 Å². The second kappa shape index (κ2) is 3.78. The fraction of sp³-hybridized carbons (Fsp3) is 0.846. The van der Waals surface area contributed by atoms with Gasteiger partial charge >= 0.3 is 0 Å². The first kappa shape index (κ1) is 12.1. The van der Waals surface area contributed by atoms with Crippen LogP contribution in [0.3, 0.4) is 0 Å². The van der Waals surface area contributed by atoms with Gasteiger partial charge in [-0.2, -0.15) is 0 Å². The predicted octanol–water partition coefficient (Wildman–Crippen LogP) is 1.32. The lowest BCUT2D eigenvalue weighted by molar-refractivity contribution is -0.118. The maximum Gasteiger partial charge on any atom is 0.230 e. The maximum absolute atomic E-state index is 10.2. The van der Waals surface area contributed by atoms with Crippen LogP contribution in [0, 0.1) is 5.92 Å². The van der Waals surface area contributed by atoms with Crippen LogP contribution < -0.4 is 0 Å². The highest BCUT2D eigenvalue weighted by Crippen LogP contribution is 2.44. The smallest absolute Gasteiger partial charge is 0.230 e. The lowest BCUT2D eigenvalue weighted by Gasteiger charge is -2.46. The average Bonchev–Trinajstić information content (AvgIpc) is 2.95. The molecule has 0 radical (unpaired) electrons. The van der Waals surface area contributed by atoms with Crippen molar-refractivity contribution in [2.24, 2.45) is 5.92 Å². The van der Waals surface area contributed by atoms with Crippen molar-refractivity contribution in [3.05, 3.63) is 11.8 Å². The van der Waals surface area contributed by atoms with Gasteiger partial charge in [-0.1, -0.05) is 20.8 Å². The largest absolute Gasteiger partial charge is 0.423 e. The van der Waals surface area contributed by atoms with Crippen molar-refractivity contribution in [1.29, 1.82) is 0 Å². The third-order valence-corrected chi connectivity index (χ3v) is 3.80. The van der Waals surface area contributed by atoms with Crippen LogP contribution in [-0.4, -0.2) is 38.9 Å². The van der Waals surface area contributed by atoms with Gasteiger partial charge in [-0.3, -0.25) is 4.90 Å². The number of hydrogen-bond donors (Lipinski definition) is 1. The van der Waals surface area contributed by atoms with Gasteiger partial charge in [0.25, 0.3) is 0 Å². The molecule has 1 aliphatic heterocycles. The molecule has 1 saturated heterocycles. The molecule has 2 heterocycles. The second-order valence-corrected chi connectivity index (χ2v) is 6.77. The van der Waals surface area contributed by atoms with E-state index in [9.17, 15) is 5.11 Å². The lowest BCUT2D eigenvalue weighted by Crippen LogP contribution is -2.62. The van der Waals surface area contributed by atoms with Crippen molar-refractivity contribution in [3.8, 4) is 0 Å². The van der Waals surface area contributed by atoms with Crippen molar-refractivity contribution in [2.45, 2.75) is 51.2 Å². The quantitative estimate of drug-likeness (QED) is 0.878. The Hall–Kier alpha value is -0.940. The summed E-state index contributed by atoms with van der Waals surface area (Å²) < 4.78 is 5.65. The predicted molar refractivity (Wildman–Crippen MR) is 65.9 cm³/mol. The Morgan fingerprint density at radius 2 is 2.00 bits per heavy atom. The minimum Gasteiger partial charge on any atom is -0.423 e. The van der Waals surface area contributed by atoms with E-state index in [0.29, 0.717) is 24.2 Å². The molecule has 1 aromatic rings. The van der Waals surface area contributed by atoms with Crippen LogP contribution >= 0.6 is 0 Å². The Kier molecular flexibility index (Phi) is 2.54. The summed E-state index contributed by atoms with van der Waals surface area (Å²) in [6.45, 7) is 8.30. The van der Waals surface area contributed by atoms with E-state index < -0.39 is 5.60 Å². The van der Waals surface area contributed by atoms with Crippen LogP contribution in [0.25, 0.3) is 0 Å². The van der Waals surface area contributed by atoms with Gasteiger partial charge in [-0.15, -0.1) is 10.2 Å². The summed E-state index contributed by atoms with van der Waals surface area (Å²) in [6, 6.07) is 0. The molecule has 1 aliphatic carbocycles. The zero-order chi connectivity index (χ0) is 13.0. The number of aromatic nitrogens is 2. The van der Waals surface area contributed by atoms with Gasteiger partial charge in [-0.05, 0) is 18.8 Å². The average molecular weight is 251 g/mol. The summed E-state index contributed by atoms with van der Waals surface area (Å²) in [5.74, 6) is 1.86. The van der Waals surface area contributed by atoms with Gasteiger partial charge in [0, 0.05) is 18.5 Å². The molecule has 0 amide bonds. The molecule has 2 aliphatic rings. The van der Waals surface area contributed by atoms with Gasteiger partial charge in [0.05, 0.1) is 12.1 Å². The molecular weight excluding hydrogens is 230 g/mol. The third-order valence-electron chi connectivity index (χ3n) is 3.80. The lowest BCUT2D eigenvalue weighted by atomic mass is 9.89. The highest BCUT2D eigenvalue weighted by Gasteiger charge is 2.51. The summed E-state index contributed by atoms with van der Waals surface area (Å²) >= 11 is 0. The van der Waals surface area contributed by atoms with Gasteiger partial charge < -0.3 is 9.52 Å². The highest BCUT2D eigenvalue weighted by molar-refractivity contribution is 5.06. The van der Waals surface area contributed by atoms with Crippen LogP contribution in [0.15, 0.2) is 4.42 Å². The Morgan fingerprint density at radius 3 is 2.50 bits per heavy atom. The van der Waals surface area contributed by atoms with Crippen molar-refractivity contribution in [2.75, 3.05) is 13.1 Å². The SMILES string of the molecule is CC(C)(C)c1nnc(CN2CC(O)(C3CC3)C2)o1. The molecule has 5 heteroatoms. The number of likely N-dealkylation sites (tertiary alicyclic amines) is 1. The number of hydrogen-bond acceptors (Lipinski definition) is 5. The van der Waals surface area contributed by atoms with Crippen LogP contribution in [0.4, 0.5) is 0 Å². The molecule has 0 atom stereocenters. The van der Waals surface area contributed by atoms with E-state index in [1.807, 2.05) is 0 Å². The molecule has 0 spiro atoms. The summed E-state index contributed by atoms with van der Waals surface area (Å²) in [4.78, 5) is 2.16. The summed E-state index contributed by atoms with van der Waals surface area (Å²) in [7, 11) is 0. The number of nitrogens with zero attached hydrogens (tertiary/aromatic N) is 3. The molecule has 1 N–H and O–H groups in total. The van der Waals surface area contributed by atoms with E-state index in [1.165, 1.54) is 12.8 Å². The van der Waals surface area contributed by atoms with Gasteiger partial charge in [0.15, 0.2) is 0 Å². The topological polar surface area (TPSA) is 62.4 Å². The van der Waals surface area contributed by atoms with E-state index in [2.05, 4.69) is 35.9 Å². The fourth-order valence-corrected chi connectivity index (χ4v) is 2.53. The molecule has 2 fully saturated rings. The Balaban J connectivity index is 1.57. The third kappa shape index (κ3) is 2.17. The fourth-order valence-electron chi connectivity index (χ4n) is 2.53. The zero-order valence-corrected chi connectivity index (χ0v) is 11.3. The molecule has 1 aromatic heterocycles. The van der Waals surface area contributed by atoms with Crippen LogP contribution in [0.5, 0.6) is 0 Å². The molecule has 100 valence electrons. The van der Waals surface area contributed by atoms with E-state index >= 15 is 0 Å². The minimum absolute atomic E-state index is 0.102. The van der Waals surface area contributed by atoms with E-state index in [4.69, 9.17) is 4.42 Å². The van der Waals surface area contributed by atoms with Crippen molar-refractivity contribution in [3.63, 3.8) is 0 Å².